The van der Waals surface area contributed by atoms with Crippen molar-refractivity contribution in [3.63, 3.8) is 0 Å². The molecular weight excluding hydrogens is 230 g/mol. The van der Waals surface area contributed by atoms with Gasteiger partial charge in [0.25, 0.3) is 0 Å². The number of likely N-dealkylation sites (N-methyl/N-ethyl adjacent to an activating group) is 1. The molecule has 1 unspecified atom stereocenters. The molecule has 0 saturated carbocycles. The Morgan fingerprint density at radius 3 is 2.94 bits per heavy atom. The zero-order chi connectivity index (χ0) is 13.0. The van der Waals surface area contributed by atoms with Gasteiger partial charge in [0.2, 0.25) is 0 Å². The van der Waals surface area contributed by atoms with E-state index in [2.05, 4.69) is 9.97 Å². The van der Waals surface area contributed by atoms with E-state index in [9.17, 15) is 9.90 Å². The van der Waals surface area contributed by atoms with Gasteiger partial charge in [0, 0.05) is 18.6 Å². The lowest BCUT2D eigenvalue weighted by Gasteiger charge is -2.31. The first-order chi connectivity index (χ1) is 8.65. The van der Waals surface area contributed by atoms with Crippen LogP contribution < -0.4 is 0 Å². The molecule has 0 aromatic carbocycles. The summed E-state index contributed by atoms with van der Waals surface area (Å²) in [5.41, 5.74) is 0.265. The molecule has 1 saturated heterocycles. The van der Waals surface area contributed by atoms with Crippen LogP contribution in [-0.2, 0) is 11.2 Å². The van der Waals surface area contributed by atoms with E-state index in [1.165, 1.54) is 0 Å². The summed E-state index contributed by atoms with van der Waals surface area (Å²) < 4.78 is 0. The van der Waals surface area contributed by atoms with Gasteiger partial charge in [-0.1, -0.05) is 0 Å². The van der Waals surface area contributed by atoms with Crippen LogP contribution in [0.2, 0.25) is 0 Å². The maximum atomic E-state index is 11.5. The van der Waals surface area contributed by atoms with Crippen LogP contribution in [0.25, 0.3) is 0 Å². The van der Waals surface area contributed by atoms with Gasteiger partial charge in [-0.3, -0.25) is 19.7 Å². The lowest BCUT2D eigenvalue weighted by Crippen LogP contribution is -2.48. The van der Waals surface area contributed by atoms with Gasteiger partial charge >= 0.3 is 5.97 Å². The number of aryl methyl sites for hydroxylation is 1. The van der Waals surface area contributed by atoms with Gasteiger partial charge in [-0.25, -0.2) is 0 Å². The molecule has 0 amide bonds. The summed E-state index contributed by atoms with van der Waals surface area (Å²) in [7, 11) is 1.91. The minimum Gasteiger partial charge on any atom is -0.480 e. The SMILES string of the molecule is CN1CCCC1(CCCc1cnccn1)C(=O)O. The van der Waals surface area contributed by atoms with Crippen molar-refractivity contribution in [3.8, 4) is 0 Å². The van der Waals surface area contributed by atoms with Gasteiger partial charge in [0.05, 0.1) is 5.69 Å². The van der Waals surface area contributed by atoms with Crippen LogP contribution in [0.5, 0.6) is 0 Å². The summed E-state index contributed by atoms with van der Waals surface area (Å²) in [6, 6.07) is 0. The molecule has 98 valence electrons. The maximum absolute atomic E-state index is 11.5. The number of aromatic nitrogens is 2. The lowest BCUT2D eigenvalue weighted by molar-refractivity contribution is -0.149. The van der Waals surface area contributed by atoms with Crippen LogP contribution in [0, 0.1) is 0 Å². The zero-order valence-corrected chi connectivity index (χ0v) is 10.7. The Morgan fingerprint density at radius 1 is 1.56 bits per heavy atom. The first-order valence-corrected chi connectivity index (χ1v) is 6.35. The normalized spacial score (nSPS) is 24.3. The van der Waals surface area contributed by atoms with Crippen molar-refractivity contribution in [1.29, 1.82) is 0 Å². The van der Waals surface area contributed by atoms with Crippen LogP contribution in [0.15, 0.2) is 18.6 Å². The van der Waals surface area contributed by atoms with E-state index < -0.39 is 11.5 Å². The predicted molar refractivity (Wildman–Crippen MR) is 67.2 cm³/mol. The second-order valence-corrected chi connectivity index (χ2v) is 4.91. The van der Waals surface area contributed by atoms with Gasteiger partial charge < -0.3 is 5.11 Å². The quantitative estimate of drug-likeness (QED) is 0.853. The topological polar surface area (TPSA) is 66.3 Å². The smallest absolute Gasteiger partial charge is 0.324 e. The number of carboxylic acids is 1. The van der Waals surface area contributed by atoms with Gasteiger partial charge in [-0.15, -0.1) is 0 Å². The first kappa shape index (κ1) is 13.0. The second-order valence-electron chi connectivity index (χ2n) is 4.91. The molecule has 1 atom stereocenters. The van der Waals surface area contributed by atoms with Gasteiger partial charge in [-0.05, 0) is 45.7 Å². The summed E-state index contributed by atoms with van der Waals surface area (Å²) in [6.07, 6.45) is 9.07. The Hall–Kier alpha value is -1.49. The zero-order valence-electron chi connectivity index (χ0n) is 10.7. The molecule has 1 aliphatic heterocycles. The van der Waals surface area contributed by atoms with Gasteiger partial charge in [0.15, 0.2) is 0 Å². The summed E-state index contributed by atoms with van der Waals surface area (Å²) in [5, 5.41) is 9.46. The van der Waals surface area contributed by atoms with Crippen molar-refractivity contribution < 1.29 is 9.90 Å². The number of nitrogens with zero attached hydrogens (tertiary/aromatic N) is 3. The van der Waals surface area contributed by atoms with Gasteiger partial charge in [0.1, 0.15) is 5.54 Å². The second kappa shape index (κ2) is 5.44. The Kier molecular flexibility index (Phi) is 3.91. The van der Waals surface area contributed by atoms with Crippen LogP contribution >= 0.6 is 0 Å². The van der Waals surface area contributed by atoms with Crippen molar-refractivity contribution in [2.75, 3.05) is 13.6 Å². The van der Waals surface area contributed by atoms with Crippen LogP contribution in [0.1, 0.15) is 31.4 Å². The summed E-state index contributed by atoms with van der Waals surface area (Å²) in [5.74, 6) is -0.693. The van der Waals surface area contributed by atoms with E-state index in [4.69, 9.17) is 0 Å². The molecule has 18 heavy (non-hydrogen) atoms. The predicted octanol–water partition coefficient (Wildman–Crippen LogP) is 1.35. The number of aliphatic carboxylic acids is 1. The highest BCUT2D eigenvalue weighted by molar-refractivity contribution is 5.79. The third-order valence-corrected chi connectivity index (χ3v) is 3.85. The summed E-state index contributed by atoms with van der Waals surface area (Å²) in [6.45, 7) is 0.872. The average Bonchev–Trinajstić information content (AvgIpc) is 2.73. The molecule has 1 aromatic rings. The van der Waals surface area contributed by atoms with E-state index in [-0.39, 0.29) is 0 Å². The molecule has 1 aromatic heterocycles. The van der Waals surface area contributed by atoms with Crippen molar-refractivity contribution in [3.05, 3.63) is 24.3 Å². The fraction of sp³-hybridized carbons (Fsp3) is 0.615. The highest BCUT2D eigenvalue weighted by Crippen LogP contribution is 2.32. The summed E-state index contributed by atoms with van der Waals surface area (Å²) in [4.78, 5) is 21.7. The highest BCUT2D eigenvalue weighted by Gasteiger charge is 2.44. The third-order valence-electron chi connectivity index (χ3n) is 3.85. The van der Waals surface area contributed by atoms with E-state index >= 15 is 0 Å². The Morgan fingerprint density at radius 2 is 2.39 bits per heavy atom. The molecule has 1 aliphatic rings. The fourth-order valence-corrected chi connectivity index (χ4v) is 2.73. The molecule has 5 nitrogen and oxygen atoms in total. The molecular formula is C13H19N3O2. The van der Waals surface area contributed by atoms with Gasteiger partial charge in [-0.2, -0.15) is 0 Å². The molecule has 0 radical (unpaired) electrons. The highest BCUT2D eigenvalue weighted by atomic mass is 16.4. The largest absolute Gasteiger partial charge is 0.480 e. The molecule has 2 rings (SSSR count). The lowest BCUT2D eigenvalue weighted by atomic mass is 9.89. The van der Waals surface area contributed by atoms with Crippen molar-refractivity contribution in [1.82, 2.24) is 14.9 Å². The molecule has 0 bridgehead atoms. The number of likely N-dealkylation sites (tertiary alicyclic amines) is 1. The van der Waals surface area contributed by atoms with E-state index in [0.717, 1.165) is 37.9 Å². The Balaban J connectivity index is 1.93. The minimum atomic E-state index is -0.693. The third kappa shape index (κ3) is 2.51. The fourth-order valence-electron chi connectivity index (χ4n) is 2.73. The number of hydrogen-bond acceptors (Lipinski definition) is 4. The van der Waals surface area contributed by atoms with E-state index in [1.807, 2.05) is 11.9 Å². The first-order valence-electron chi connectivity index (χ1n) is 6.35. The molecule has 0 spiro atoms. The molecule has 0 aliphatic carbocycles. The average molecular weight is 249 g/mol. The van der Waals surface area contributed by atoms with Crippen molar-refractivity contribution in [2.45, 2.75) is 37.6 Å². The number of carbonyl (C=O) groups is 1. The van der Waals surface area contributed by atoms with E-state index in [0.29, 0.717) is 6.42 Å². The number of carboxylic acid groups (broad SMARTS) is 1. The monoisotopic (exact) mass is 249 g/mol. The molecule has 2 heterocycles. The van der Waals surface area contributed by atoms with Crippen molar-refractivity contribution in [2.24, 2.45) is 0 Å². The Labute approximate surface area is 107 Å². The number of hydrogen-bond donors (Lipinski definition) is 1. The van der Waals surface area contributed by atoms with E-state index in [1.54, 1.807) is 18.6 Å². The molecule has 1 fully saturated rings. The van der Waals surface area contributed by atoms with Crippen LogP contribution in [-0.4, -0.2) is 45.1 Å². The Bertz CT molecular complexity index is 410. The standard InChI is InChI=1S/C13H19N3O2/c1-16-9-3-6-13(16,12(17)18)5-2-4-11-10-14-7-8-15-11/h7-8,10H,2-6,9H2,1H3,(H,17,18). The summed E-state index contributed by atoms with van der Waals surface area (Å²) >= 11 is 0. The van der Waals surface area contributed by atoms with Crippen LogP contribution in [0.3, 0.4) is 0 Å². The maximum Gasteiger partial charge on any atom is 0.324 e. The number of rotatable bonds is 5. The molecule has 5 heteroatoms. The van der Waals surface area contributed by atoms with Crippen LogP contribution in [0.4, 0.5) is 0 Å². The molecule has 1 N–H and O–H groups in total. The van der Waals surface area contributed by atoms with Crippen molar-refractivity contribution >= 4 is 5.97 Å². The minimum absolute atomic E-state index is 0.664.